The predicted molar refractivity (Wildman–Crippen MR) is 70.0 cm³/mol. The number of fused-ring (bicyclic) bond motifs is 1. The van der Waals surface area contributed by atoms with Gasteiger partial charge in [-0.05, 0) is 25.0 Å². The number of nitrogens with one attached hydrogen (secondary N) is 1. The monoisotopic (exact) mass is 260 g/mol. The lowest BCUT2D eigenvalue weighted by atomic mass is 9.96. The Hall–Kier alpha value is -2.04. The van der Waals surface area contributed by atoms with Gasteiger partial charge in [-0.1, -0.05) is 19.3 Å². The summed E-state index contributed by atoms with van der Waals surface area (Å²) in [6.45, 7) is 0. The van der Waals surface area contributed by atoms with E-state index in [-0.39, 0.29) is 6.04 Å². The first kappa shape index (κ1) is 12.0. The Balaban J connectivity index is 1.61. The van der Waals surface area contributed by atoms with E-state index in [4.69, 9.17) is 9.15 Å². The third-order valence-electron chi connectivity index (χ3n) is 3.44. The van der Waals surface area contributed by atoms with E-state index in [9.17, 15) is 4.79 Å². The number of ether oxygens (including phenoxy) is 1. The Morgan fingerprint density at radius 2 is 2.16 bits per heavy atom. The Bertz CT molecular complexity index is 573. The quantitative estimate of drug-likeness (QED) is 0.900. The summed E-state index contributed by atoms with van der Waals surface area (Å²) in [4.78, 5) is 15.8. The SMILES string of the molecule is O=C(NC1CCCCC1)Oc1ccc2ocnc2c1. The van der Waals surface area contributed by atoms with Crippen LogP contribution in [0.4, 0.5) is 4.79 Å². The molecule has 0 aliphatic heterocycles. The fraction of sp³-hybridized carbons (Fsp3) is 0.429. The van der Waals surface area contributed by atoms with Crippen molar-refractivity contribution in [3.05, 3.63) is 24.6 Å². The van der Waals surface area contributed by atoms with Crippen LogP contribution in [0.5, 0.6) is 5.75 Å². The number of carbonyl (C=O) groups is 1. The second-order valence-electron chi connectivity index (χ2n) is 4.85. The van der Waals surface area contributed by atoms with Crippen molar-refractivity contribution >= 4 is 17.2 Å². The molecular weight excluding hydrogens is 244 g/mol. The number of benzene rings is 1. The van der Waals surface area contributed by atoms with Crippen LogP contribution in [0, 0.1) is 0 Å². The molecule has 1 amide bonds. The smallest absolute Gasteiger partial charge is 0.412 e. The molecule has 0 bridgehead atoms. The van der Waals surface area contributed by atoms with Gasteiger partial charge in [0.2, 0.25) is 0 Å². The van der Waals surface area contributed by atoms with Gasteiger partial charge in [0, 0.05) is 12.1 Å². The predicted octanol–water partition coefficient (Wildman–Crippen LogP) is 3.25. The molecule has 0 saturated heterocycles. The van der Waals surface area contributed by atoms with Gasteiger partial charge in [-0.3, -0.25) is 0 Å². The number of aromatic nitrogens is 1. The van der Waals surface area contributed by atoms with E-state index < -0.39 is 6.09 Å². The fourth-order valence-corrected chi connectivity index (χ4v) is 2.45. The van der Waals surface area contributed by atoms with Gasteiger partial charge >= 0.3 is 6.09 Å². The van der Waals surface area contributed by atoms with E-state index in [0.717, 1.165) is 12.8 Å². The molecule has 0 spiro atoms. The lowest BCUT2D eigenvalue weighted by Crippen LogP contribution is -2.37. The van der Waals surface area contributed by atoms with Crippen molar-refractivity contribution in [1.82, 2.24) is 10.3 Å². The van der Waals surface area contributed by atoms with E-state index in [2.05, 4.69) is 10.3 Å². The number of amides is 1. The zero-order chi connectivity index (χ0) is 13.1. The first-order valence-electron chi connectivity index (χ1n) is 6.63. The summed E-state index contributed by atoms with van der Waals surface area (Å²) in [5, 5.41) is 2.90. The molecule has 1 aliphatic rings. The number of carbonyl (C=O) groups excluding carboxylic acids is 1. The highest BCUT2D eigenvalue weighted by atomic mass is 16.6. The number of hydrogen-bond donors (Lipinski definition) is 1. The molecule has 1 aliphatic carbocycles. The van der Waals surface area contributed by atoms with E-state index in [1.807, 2.05) is 0 Å². The highest BCUT2D eigenvalue weighted by molar-refractivity contribution is 5.76. The minimum Gasteiger partial charge on any atom is -0.443 e. The summed E-state index contributed by atoms with van der Waals surface area (Å²) in [6.07, 6.45) is 6.67. The fourth-order valence-electron chi connectivity index (χ4n) is 2.45. The molecule has 1 fully saturated rings. The number of hydrogen-bond acceptors (Lipinski definition) is 4. The third-order valence-corrected chi connectivity index (χ3v) is 3.44. The molecule has 1 aromatic heterocycles. The molecule has 1 heterocycles. The van der Waals surface area contributed by atoms with Crippen LogP contribution in [0.3, 0.4) is 0 Å². The van der Waals surface area contributed by atoms with Crippen LogP contribution in [0.1, 0.15) is 32.1 Å². The molecule has 5 nitrogen and oxygen atoms in total. The van der Waals surface area contributed by atoms with Crippen LogP contribution in [0.15, 0.2) is 29.0 Å². The van der Waals surface area contributed by atoms with Gasteiger partial charge in [0.15, 0.2) is 12.0 Å². The maximum Gasteiger partial charge on any atom is 0.412 e. The van der Waals surface area contributed by atoms with Gasteiger partial charge in [0.1, 0.15) is 11.3 Å². The van der Waals surface area contributed by atoms with Gasteiger partial charge in [0.05, 0.1) is 0 Å². The second-order valence-corrected chi connectivity index (χ2v) is 4.85. The highest BCUT2D eigenvalue weighted by Crippen LogP contribution is 2.20. The van der Waals surface area contributed by atoms with Crippen LogP contribution in [-0.4, -0.2) is 17.1 Å². The lowest BCUT2D eigenvalue weighted by Gasteiger charge is -2.22. The molecule has 5 heteroatoms. The third kappa shape index (κ3) is 2.86. The van der Waals surface area contributed by atoms with Crippen LogP contribution < -0.4 is 10.1 Å². The van der Waals surface area contributed by atoms with Gasteiger partial charge in [0.25, 0.3) is 0 Å². The zero-order valence-corrected chi connectivity index (χ0v) is 10.6. The molecule has 0 atom stereocenters. The van der Waals surface area contributed by atoms with E-state index in [1.165, 1.54) is 25.7 Å². The summed E-state index contributed by atoms with van der Waals surface area (Å²) in [5.74, 6) is 0.481. The van der Waals surface area contributed by atoms with Gasteiger partial charge in [-0.25, -0.2) is 9.78 Å². The van der Waals surface area contributed by atoms with Crippen molar-refractivity contribution in [1.29, 1.82) is 0 Å². The Kier molecular flexibility index (Phi) is 3.35. The van der Waals surface area contributed by atoms with Crippen molar-refractivity contribution < 1.29 is 13.9 Å². The Morgan fingerprint density at radius 1 is 1.32 bits per heavy atom. The summed E-state index contributed by atoms with van der Waals surface area (Å²) in [7, 11) is 0. The first-order valence-corrected chi connectivity index (χ1v) is 6.63. The maximum atomic E-state index is 11.8. The molecule has 0 radical (unpaired) electrons. The number of nitrogens with zero attached hydrogens (tertiary/aromatic N) is 1. The van der Waals surface area contributed by atoms with Crippen molar-refractivity contribution in [2.45, 2.75) is 38.1 Å². The molecule has 2 aromatic rings. The van der Waals surface area contributed by atoms with Crippen LogP contribution >= 0.6 is 0 Å². The van der Waals surface area contributed by atoms with Crippen molar-refractivity contribution in [3.8, 4) is 5.75 Å². The highest BCUT2D eigenvalue weighted by Gasteiger charge is 2.16. The molecule has 19 heavy (non-hydrogen) atoms. The molecule has 1 aromatic carbocycles. The van der Waals surface area contributed by atoms with Crippen molar-refractivity contribution in [3.63, 3.8) is 0 Å². The van der Waals surface area contributed by atoms with E-state index in [0.29, 0.717) is 16.8 Å². The molecule has 0 unspecified atom stereocenters. The summed E-state index contributed by atoms with van der Waals surface area (Å²) in [5.41, 5.74) is 1.36. The topological polar surface area (TPSA) is 64.4 Å². The van der Waals surface area contributed by atoms with E-state index >= 15 is 0 Å². The van der Waals surface area contributed by atoms with Crippen LogP contribution in [0.2, 0.25) is 0 Å². The number of rotatable bonds is 2. The average Bonchev–Trinajstić information content (AvgIpc) is 2.87. The zero-order valence-electron chi connectivity index (χ0n) is 10.6. The van der Waals surface area contributed by atoms with Gasteiger partial charge in [-0.15, -0.1) is 0 Å². The molecule has 1 saturated carbocycles. The summed E-state index contributed by atoms with van der Waals surface area (Å²) < 4.78 is 10.4. The second kappa shape index (κ2) is 5.30. The minimum atomic E-state index is -0.394. The van der Waals surface area contributed by atoms with Gasteiger partial charge < -0.3 is 14.5 Å². The lowest BCUT2D eigenvalue weighted by molar-refractivity contribution is 0.192. The first-order chi connectivity index (χ1) is 9.31. The van der Waals surface area contributed by atoms with Crippen molar-refractivity contribution in [2.75, 3.05) is 0 Å². The van der Waals surface area contributed by atoms with Crippen molar-refractivity contribution in [2.24, 2.45) is 0 Å². The largest absolute Gasteiger partial charge is 0.443 e. The van der Waals surface area contributed by atoms with E-state index in [1.54, 1.807) is 18.2 Å². The molecular formula is C14H16N2O3. The standard InChI is InChI=1S/C14H16N2O3/c17-14(16-10-4-2-1-3-5-10)19-11-6-7-13-12(8-11)15-9-18-13/h6-10H,1-5H2,(H,16,17). The maximum absolute atomic E-state index is 11.8. The molecule has 100 valence electrons. The minimum absolute atomic E-state index is 0.247. The van der Waals surface area contributed by atoms with Crippen LogP contribution in [-0.2, 0) is 0 Å². The van der Waals surface area contributed by atoms with Crippen LogP contribution in [0.25, 0.3) is 11.1 Å². The normalized spacial score (nSPS) is 16.4. The van der Waals surface area contributed by atoms with Gasteiger partial charge in [-0.2, -0.15) is 0 Å². The Labute approximate surface area is 111 Å². The Morgan fingerprint density at radius 3 is 3.00 bits per heavy atom. The molecule has 1 N–H and O–H groups in total. The number of oxazole rings is 1. The summed E-state index contributed by atoms with van der Waals surface area (Å²) in [6, 6.07) is 5.38. The average molecular weight is 260 g/mol. The molecule has 3 rings (SSSR count). The summed E-state index contributed by atoms with van der Waals surface area (Å²) >= 11 is 0.